The monoisotopic (exact) mass is 348 g/mol. The number of hydrogen-bond acceptors (Lipinski definition) is 4. The molecule has 1 spiro atoms. The number of carbonyl (C=O) groups excluding carboxylic acids is 1. The number of benzene rings is 1. The minimum atomic E-state index is -0.508. The Kier molecular flexibility index (Phi) is 4.31. The van der Waals surface area contributed by atoms with Gasteiger partial charge in [0.2, 0.25) is 0 Å². The number of ether oxygens (including phenoxy) is 1. The zero-order valence-corrected chi connectivity index (χ0v) is 15.0. The number of likely N-dealkylation sites (N-methyl/N-ethyl adjacent to an activating group) is 1. The lowest BCUT2D eigenvalue weighted by molar-refractivity contribution is -0.154. The maximum atomic E-state index is 13.1. The first kappa shape index (κ1) is 16.4. The molecule has 3 aliphatic rings. The first-order valence-corrected chi connectivity index (χ1v) is 9.32. The summed E-state index contributed by atoms with van der Waals surface area (Å²) in [4.78, 5) is 17.9. The standard InChI is InChI=1S/C19H25ClN2O2/c1-21-10-16(15-7-2-3-8-17(15)20)19(12-21)13-22-9-5-4-6-14(22)11-24-18(19)23/h2-3,7-8,14,16H,4-6,9-13H2,1H3. The van der Waals surface area contributed by atoms with Crippen molar-refractivity contribution in [3.63, 3.8) is 0 Å². The van der Waals surface area contributed by atoms with Crippen LogP contribution in [0, 0.1) is 5.41 Å². The lowest BCUT2D eigenvalue weighted by Gasteiger charge is -2.38. The molecular weight excluding hydrogens is 324 g/mol. The van der Waals surface area contributed by atoms with Crippen molar-refractivity contribution in [2.75, 3.05) is 39.8 Å². The molecule has 0 N–H and O–H groups in total. The van der Waals surface area contributed by atoms with Crippen LogP contribution in [-0.4, -0.2) is 61.6 Å². The van der Waals surface area contributed by atoms with Crippen LogP contribution in [-0.2, 0) is 9.53 Å². The first-order chi connectivity index (χ1) is 11.6. The molecule has 0 aromatic heterocycles. The second-order valence-electron chi connectivity index (χ2n) is 7.65. The normalized spacial score (nSPS) is 34.8. The van der Waals surface area contributed by atoms with Gasteiger partial charge in [-0.25, -0.2) is 0 Å². The number of cyclic esters (lactones) is 1. The van der Waals surface area contributed by atoms with Crippen molar-refractivity contribution in [2.45, 2.75) is 31.2 Å². The van der Waals surface area contributed by atoms with E-state index in [9.17, 15) is 4.79 Å². The SMILES string of the molecule is CN1CC(c2ccccc2Cl)C2(C1)CN1CCCCC1COC2=O. The number of fused-ring (bicyclic) bond motifs is 1. The Balaban J connectivity index is 1.74. The maximum absolute atomic E-state index is 13.1. The zero-order chi connectivity index (χ0) is 16.7. The lowest BCUT2D eigenvalue weighted by atomic mass is 9.73. The molecule has 3 fully saturated rings. The molecule has 130 valence electrons. The number of hydrogen-bond donors (Lipinski definition) is 0. The van der Waals surface area contributed by atoms with Crippen LogP contribution in [0.5, 0.6) is 0 Å². The molecule has 0 bridgehead atoms. The van der Waals surface area contributed by atoms with Crippen molar-refractivity contribution in [3.8, 4) is 0 Å². The molecule has 0 amide bonds. The molecule has 1 aromatic rings. The summed E-state index contributed by atoms with van der Waals surface area (Å²) in [6.07, 6.45) is 3.59. The Morgan fingerprint density at radius 3 is 2.92 bits per heavy atom. The highest BCUT2D eigenvalue weighted by atomic mass is 35.5. The van der Waals surface area contributed by atoms with Gasteiger partial charge in [0.1, 0.15) is 12.0 Å². The molecule has 0 saturated carbocycles. The third-order valence-corrected chi connectivity index (χ3v) is 6.39. The van der Waals surface area contributed by atoms with E-state index in [0.717, 1.165) is 43.2 Å². The Bertz CT molecular complexity index is 638. The van der Waals surface area contributed by atoms with E-state index in [1.807, 2.05) is 18.2 Å². The van der Waals surface area contributed by atoms with E-state index in [2.05, 4.69) is 22.9 Å². The average Bonchev–Trinajstić information content (AvgIpc) is 2.83. The van der Waals surface area contributed by atoms with E-state index >= 15 is 0 Å². The second kappa shape index (κ2) is 6.32. The summed E-state index contributed by atoms with van der Waals surface area (Å²) in [5.41, 5.74) is 0.571. The van der Waals surface area contributed by atoms with Crippen molar-refractivity contribution < 1.29 is 9.53 Å². The predicted octanol–water partition coefficient (Wildman–Crippen LogP) is 2.77. The third-order valence-electron chi connectivity index (χ3n) is 6.04. The van der Waals surface area contributed by atoms with E-state index in [0.29, 0.717) is 12.6 Å². The van der Waals surface area contributed by atoms with Gasteiger partial charge in [-0.15, -0.1) is 0 Å². The first-order valence-electron chi connectivity index (χ1n) is 8.94. The van der Waals surface area contributed by atoms with Gasteiger partial charge in [-0.05, 0) is 38.1 Å². The highest BCUT2D eigenvalue weighted by Crippen LogP contribution is 2.47. The van der Waals surface area contributed by atoms with Crippen LogP contribution in [0.4, 0.5) is 0 Å². The van der Waals surface area contributed by atoms with Gasteiger partial charge in [-0.1, -0.05) is 36.2 Å². The van der Waals surface area contributed by atoms with Gasteiger partial charge in [-0.3, -0.25) is 9.69 Å². The minimum Gasteiger partial charge on any atom is -0.464 e. The molecule has 3 aliphatic heterocycles. The summed E-state index contributed by atoms with van der Waals surface area (Å²) >= 11 is 6.50. The summed E-state index contributed by atoms with van der Waals surface area (Å²) < 4.78 is 5.80. The van der Waals surface area contributed by atoms with Crippen molar-refractivity contribution in [1.29, 1.82) is 0 Å². The molecule has 4 nitrogen and oxygen atoms in total. The molecule has 0 radical (unpaired) electrons. The Morgan fingerprint density at radius 1 is 1.25 bits per heavy atom. The smallest absolute Gasteiger partial charge is 0.315 e. The number of likely N-dealkylation sites (tertiary alicyclic amines) is 1. The quantitative estimate of drug-likeness (QED) is 0.731. The molecule has 3 heterocycles. The molecular formula is C19H25ClN2O2. The summed E-state index contributed by atoms with van der Waals surface area (Å²) in [6, 6.07) is 8.34. The Hall–Kier alpha value is -1.10. The molecule has 24 heavy (non-hydrogen) atoms. The lowest BCUT2D eigenvalue weighted by Crippen LogP contribution is -2.49. The fourth-order valence-electron chi connectivity index (χ4n) is 4.86. The number of piperidine rings is 1. The number of nitrogens with zero attached hydrogens (tertiary/aromatic N) is 2. The van der Waals surface area contributed by atoms with E-state index < -0.39 is 5.41 Å². The molecule has 0 aliphatic carbocycles. The molecule has 3 unspecified atom stereocenters. The van der Waals surface area contributed by atoms with Crippen molar-refractivity contribution in [1.82, 2.24) is 9.80 Å². The highest BCUT2D eigenvalue weighted by molar-refractivity contribution is 6.31. The van der Waals surface area contributed by atoms with E-state index in [-0.39, 0.29) is 11.9 Å². The van der Waals surface area contributed by atoms with Gasteiger partial charge in [0, 0.05) is 36.6 Å². The van der Waals surface area contributed by atoms with Crippen LogP contribution < -0.4 is 0 Å². The van der Waals surface area contributed by atoms with Gasteiger partial charge in [-0.2, -0.15) is 0 Å². The summed E-state index contributed by atoms with van der Waals surface area (Å²) in [5, 5.41) is 0.754. The highest BCUT2D eigenvalue weighted by Gasteiger charge is 2.56. The Morgan fingerprint density at radius 2 is 2.08 bits per heavy atom. The van der Waals surface area contributed by atoms with Gasteiger partial charge >= 0.3 is 5.97 Å². The molecule has 3 saturated heterocycles. The van der Waals surface area contributed by atoms with Crippen LogP contribution >= 0.6 is 11.6 Å². The fourth-order valence-corrected chi connectivity index (χ4v) is 5.13. The maximum Gasteiger partial charge on any atom is 0.315 e. The van der Waals surface area contributed by atoms with Gasteiger partial charge in [0.25, 0.3) is 0 Å². The van der Waals surface area contributed by atoms with Crippen LogP contribution in [0.1, 0.15) is 30.7 Å². The van der Waals surface area contributed by atoms with Crippen LogP contribution in [0.2, 0.25) is 5.02 Å². The van der Waals surface area contributed by atoms with E-state index in [1.165, 1.54) is 12.8 Å². The number of esters is 1. The number of carbonyl (C=O) groups is 1. The molecule has 3 atom stereocenters. The van der Waals surface area contributed by atoms with E-state index in [1.54, 1.807) is 0 Å². The van der Waals surface area contributed by atoms with Gasteiger partial charge in [0.15, 0.2) is 0 Å². The predicted molar refractivity (Wildman–Crippen MR) is 94.3 cm³/mol. The van der Waals surface area contributed by atoms with Crippen molar-refractivity contribution in [3.05, 3.63) is 34.9 Å². The zero-order valence-electron chi connectivity index (χ0n) is 14.2. The number of rotatable bonds is 1. The molecule has 4 rings (SSSR count). The molecule has 5 heteroatoms. The fraction of sp³-hybridized carbons (Fsp3) is 0.632. The summed E-state index contributed by atoms with van der Waals surface area (Å²) in [7, 11) is 2.09. The molecule has 1 aromatic carbocycles. The van der Waals surface area contributed by atoms with E-state index in [4.69, 9.17) is 16.3 Å². The summed E-state index contributed by atoms with van der Waals surface area (Å²) in [5.74, 6) is 0.0514. The number of halogens is 1. The second-order valence-corrected chi connectivity index (χ2v) is 8.05. The van der Waals surface area contributed by atoms with Gasteiger partial charge in [0.05, 0.1) is 0 Å². The van der Waals surface area contributed by atoms with Gasteiger partial charge < -0.3 is 9.64 Å². The third kappa shape index (κ3) is 2.65. The summed E-state index contributed by atoms with van der Waals surface area (Å²) in [6.45, 7) is 3.99. The average molecular weight is 349 g/mol. The van der Waals surface area contributed by atoms with Crippen molar-refractivity contribution in [2.24, 2.45) is 5.41 Å². The topological polar surface area (TPSA) is 32.8 Å². The minimum absolute atomic E-state index is 0.0360. The van der Waals surface area contributed by atoms with Crippen LogP contribution in [0.3, 0.4) is 0 Å². The van der Waals surface area contributed by atoms with Crippen LogP contribution in [0.25, 0.3) is 0 Å². The van der Waals surface area contributed by atoms with Crippen LogP contribution in [0.15, 0.2) is 24.3 Å². The Labute approximate surface area is 148 Å². The van der Waals surface area contributed by atoms with Crippen molar-refractivity contribution >= 4 is 17.6 Å². The largest absolute Gasteiger partial charge is 0.464 e.